The van der Waals surface area contributed by atoms with Crippen LogP contribution in [0.5, 0.6) is 0 Å². The van der Waals surface area contributed by atoms with Crippen LogP contribution in [0, 0.1) is 6.92 Å². The highest BCUT2D eigenvalue weighted by Crippen LogP contribution is 2.26. The van der Waals surface area contributed by atoms with Crippen LogP contribution in [0.3, 0.4) is 0 Å². The SMILES string of the molecule is Cc1ccc(S(=O)(=O)N2CCN(Cc3nnc(-c4ccccc4Cl)o3)CC2)cc1. The third-order valence-electron chi connectivity index (χ3n) is 4.92. The molecule has 4 rings (SSSR count). The van der Waals surface area contributed by atoms with E-state index in [-0.39, 0.29) is 0 Å². The number of rotatable bonds is 5. The fourth-order valence-electron chi connectivity index (χ4n) is 3.24. The van der Waals surface area contributed by atoms with E-state index in [9.17, 15) is 8.42 Å². The summed E-state index contributed by atoms with van der Waals surface area (Å²) < 4.78 is 32.9. The van der Waals surface area contributed by atoms with Crippen LogP contribution in [0.2, 0.25) is 5.02 Å². The highest BCUT2D eigenvalue weighted by Gasteiger charge is 2.29. The second-order valence-electron chi connectivity index (χ2n) is 6.97. The average Bonchev–Trinajstić information content (AvgIpc) is 3.17. The summed E-state index contributed by atoms with van der Waals surface area (Å²) >= 11 is 6.18. The zero-order valence-corrected chi connectivity index (χ0v) is 17.5. The largest absolute Gasteiger partial charge is 0.419 e. The van der Waals surface area contributed by atoms with E-state index >= 15 is 0 Å². The summed E-state index contributed by atoms with van der Waals surface area (Å²) in [6, 6.07) is 14.2. The second kappa shape index (κ2) is 8.23. The highest BCUT2D eigenvalue weighted by atomic mass is 35.5. The molecule has 9 heteroatoms. The Kier molecular flexibility index (Phi) is 5.69. The van der Waals surface area contributed by atoms with Gasteiger partial charge >= 0.3 is 0 Å². The predicted octanol–water partition coefficient (Wildman–Crippen LogP) is 3.20. The van der Waals surface area contributed by atoms with Gasteiger partial charge in [0, 0.05) is 26.2 Å². The lowest BCUT2D eigenvalue weighted by Gasteiger charge is -2.33. The molecule has 152 valence electrons. The van der Waals surface area contributed by atoms with Gasteiger partial charge in [0.15, 0.2) is 0 Å². The minimum absolute atomic E-state index is 0.331. The molecule has 1 aliphatic rings. The Morgan fingerprint density at radius 2 is 1.69 bits per heavy atom. The van der Waals surface area contributed by atoms with Gasteiger partial charge in [-0.1, -0.05) is 41.4 Å². The lowest BCUT2D eigenvalue weighted by atomic mass is 10.2. The molecule has 0 spiro atoms. The van der Waals surface area contributed by atoms with E-state index in [1.165, 1.54) is 4.31 Å². The van der Waals surface area contributed by atoms with Crippen LogP contribution < -0.4 is 0 Å². The smallest absolute Gasteiger partial charge is 0.249 e. The Bertz CT molecular complexity index is 1090. The highest BCUT2D eigenvalue weighted by molar-refractivity contribution is 7.89. The summed E-state index contributed by atoms with van der Waals surface area (Å²) in [6.07, 6.45) is 0. The van der Waals surface area contributed by atoms with Crippen LogP contribution >= 0.6 is 11.6 Å². The minimum atomic E-state index is -3.47. The van der Waals surface area contributed by atoms with E-state index in [1.807, 2.05) is 37.3 Å². The van der Waals surface area contributed by atoms with Crippen molar-refractivity contribution in [1.29, 1.82) is 0 Å². The number of halogens is 1. The fourth-order valence-corrected chi connectivity index (χ4v) is 4.88. The summed E-state index contributed by atoms with van der Waals surface area (Å²) in [7, 11) is -3.47. The third kappa shape index (κ3) is 4.35. The van der Waals surface area contributed by atoms with Crippen molar-refractivity contribution in [1.82, 2.24) is 19.4 Å². The number of hydrogen-bond acceptors (Lipinski definition) is 6. The first-order chi connectivity index (χ1) is 13.9. The maximum atomic E-state index is 12.8. The van der Waals surface area contributed by atoms with E-state index in [0.29, 0.717) is 60.0 Å². The van der Waals surface area contributed by atoms with Crippen LogP contribution in [0.4, 0.5) is 0 Å². The molecule has 0 unspecified atom stereocenters. The molecule has 0 aliphatic carbocycles. The van der Waals surface area contributed by atoms with Crippen molar-refractivity contribution in [3.8, 4) is 11.5 Å². The van der Waals surface area contributed by atoms with Crippen molar-refractivity contribution in [2.24, 2.45) is 0 Å². The molecule has 7 nitrogen and oxygen atoms in total. The van der Waals surface area contributed by atoms with Gasteiger partial charge in [0.1, 0.15) is 0 Å². The predicted molar refractivity (Wildman–Crippen MR) is 110 cm³/mol. The summed E-state index contributed by atoms with van der Waals surface area (Å²) in [4.78, 5) is 2.43. The number of benzene rings is 2. The van der Waals surface area contributed by atoms with E-state index in [0.717, 1.165) is 5.56 Å². The topological polar surface area (TPSA) is 79.5 Å². The van der Waals surface area contributed by atoms with E-state index in [2.05, 4.69) is 15.1 Å². The molecular formula is C20H21ClN4O3S. The Balaban J connectivity index is 1.38. The number of nitrogens with zero attached hydrogens (tertiary/aromatic N) is 4. The van der Waals surface area contributed by atoms with Gasteiger partial charge in [0.05, 0.1) is 22.0 Å². The molecule has 2 aromatic carbocycles. The van der Waals surface area contributed by atoms with Crippen molar-refractivity contribution in [3.63, 3.8) is 0 Å². The van der Waals surface area contributed by atoms with Crippen molar-refractivity contribution in [2.45, 2.75) is 18.4 Å². The molecule has 2 heterocycles. The fraction of sp³-hybridized carbons (Fsp3) is 0.300. The van der Waals surface area contributed by atoms with E-state index in [1.54, 1.807) is 18.2 Å². The van der Waals surface area contributed by atoms with Crippen molar-refractivity contribution in [3.05, 3.63) is 65.0 Å². The van der Waals surface area contributed by atoms with Gasteiger partial charge in [-0.15, -0.1) is 10.2 Å². The minimum Gasteiger partial charge on any atom is -0.419 e. The zero-order chi connectivity index (χ0) is 20.4. The van der Waals surface area contributed by atoms with E-state index < -0.39 is 10.0 Å². The summed E-state index contributed by atoms with van der Waals surface area (Å²) in [6.45, 7) is 4.42. The lowest BCUT2D eigenvalue weighted by molar-refractivity contribution is 0.168. The summed E-state index contributed by atoms with van der Waals surface area (Å²) in [5.41, 5.74) is 1.73. The van der Waals surface area contributed by atoms with Crippen LogP contribution in [0.25, 0.3) is 11.5 Å². The molecule has 0 N–H and O–H groups in total. The summed E-state index contributed by atoms with van der Waals surface area (Å²) in [5.74, 6) is 0.862. The average molecular weight is 433 g/mol. The molecule has 1 fully saturated rings. The zero-order valence-electron chi connectivity index (χ0n) is 16.0. The molecule has 29 heavy (non-hydrogen) atoms. The Labute approximate surface area is 175 Å². The Hall–Kier alpha value is -2.26. The van der Waals surface area contributed by atoms with Crippen LogP contribution in [-0.2, 0) is 16.6 Å². The quantitative estimate of drug-likeness (QED) is 0.616. The maximum Gasteiger partial charge on any atom is 0.249 e. The first-order valence-corrected chi connectivity index (χ1v) is 11.1. The monoisotopic (exact) mass is 432 g/mol. The molecular weight excluding hydrogens is 412 g/mol. The molecule has 0 bridgehead atoms. The molecule has 1 aliphatic heterocycles. The van der Waals surface area contributed by atoms with Gasteiger partial charge < -0.3 is 4.42 Å². The first kappa shape index (κ1) is 20.0. The first-order valence-electron chi connectivity index (χ1n) is 9.30. The van der Waals surface area contributed by atoms with E-state index in [4.69, 9.17) is 16.0 Å². The van der Waals surface area contributed by atoms with Gasteiger partial charge in [-0.2, -0.15) is 4.31 Å². The number of aromatic nitrogens is 2. The van der Waals surface area contributed by atoms with Gasteiger partial charge in [-0.25, -0.2) is 8.42 Å². The van der Waals surface area contributed by atoms with Crippen molar-refractivity contribution in [2.75, 3.05) is 26.2 Å². The second-order valence-corrected chi connectivity index (χ2v) is 9.32. The number of aryl methyl sites for hydroxylation is 1. The number of piperazine rings is 1. The molecule has 1 saturated heterocycles. The lowest BCUT2D eigenvalue weighted by Crippen LogP contribution is -2.48. The molecule has 1 aromatic heterocycles. The maximum absolute atomic E-state index is 12.8. The molecule has 0 amide bonds. The van der Waals surface area contributed by atoms with Crippen LogP contribution in [-0.4, -0.2) is 54.0 Å². The molecule has 3 aromatic rings. The third-order valence-corrected chi connectivity index (χ3v) is 7.16. The molecule has 0 saturated carbocycles. The van der Waals surface area contributed by atoms with Gasteiger partial charge in [-0.3, -0.25) is 4.90 Å². The molecule has 0 radical (unpaired) electrons. The van der Waals surface area contributed by atoms with Gasteiger partial charge in [0.2, 0.25) is 21.8 Å². The normalized spacial score (nSPS) is 16.2. The summed E-state index contributed by atoms with van der Waals surface area (Å²) in [5, 5.41) is 8.74. The Morgan fingerprint density at radius 3 is 2.38 bits per heavy atom. The Morgan fingerprint density at radius 1 is 1.00 bits per heavy atom. The standard InChI is InChI=1S/C20H21ClN4O3S/c1-15-6-8-16(9-7-15)29(26,27)25-12-10-24(11-13-25)14-19-22-23-20(28-19)17-4-2-3-5-18(17)21/h2-9H,10-14H2,1H3. The number of hydrogen-bond donors (Lipinski definition) is 0. The van der Waals surface area contributed by atoms with Gasteiger partial charge in [-0.05, 0) is 31.2 Å². The van der Waals surface area contributed by atoms with Crippen LogP contribution in [0.1, 0.15) is 11.5 Å². The van der Waals surface area contributed by atoms with Crippen LogP contribution in [0.15, 0.2) is 57.8 Å². The van der Waals surface area contributed by atoms with Gasteiger partial charge in [0.25, 0.3) is 0 Å². The number of sulfonamides is 1. The van der Waals surface area contributed by atoms with Crippen molar-refractivity contribution < 1.29 is 12.8 Å². The van der Waals surface area contributed by atoms with Crippen molar-refractivity contribution >= 4 is 21.6 Å². The molecule has 0 atom stereocenters.